The number of anilines is 2. The lowest BCUT2D eigenvalue weighted by atomic mass is 10.1. The highest BCUT2D eigenvalue weighted by atomic mass is 32.2. The molecule has 5 rings (SSSR count). The van der Waals surface area contributed by atoms with Crippen molar-refractivity contribution in [3.05, 3.63) is 78.4 Å². The molecule has 1 fully saturated rings. The first-order valence-electron chi connectivity index (χ1n) is 10.4. The van der Waals surface area contributed by atoms with Crippen molar-refractivity contribution in [3.8, 4) is 11.5 Å². The van der Waals surface area contributed by atoms with Gasteiger partial charge in [0, 0.05) is 12.6 Å². The minimum atomic E-state index is -3.74. The average Bonchev–Trinajstić information content (AvgIpc) is 3.20. The molecule has 32 heavy (non-hydrogen) atoms. The van der Waals surface area contributed by atoms with Gasteiger partial charge in [0.1, 0.15) is 17.5 Å². The molecule has 0 aromatic heterocycles. The molecule has 0 radical (unpaired) electrons. The van der Waals surface area contributed by atoms with Gasteiger partial charge < -0.3 is 15.0 Å². The molecule has 1 amide bonds. The number of rotatable bonds is 5. The average molecular weight is 450 g/mol. The first-order valence-corrected chi connectivity index (χ1v) is 11.9. The Labute approximate surface area is 187 Å². The Kier molecular flexibility index (Phi) is 5.11. The first-order chi connectivity index (χ1) is 15.4. The smallest absolute Gasteiger partial charge is 0.247 e. The van der Waals surface area contributed by atoms with E-state index in [2.05, 4.69) is 10.0 Å². The standard InChI is InChI=1S/C24H23N3O4S/c1-16-6-2-5-9-23(16)31-18-10-12-19(13-11-18)32(29,30)26-17-14-22-24(28)25-20-7-3-4-8-21(20)27(22)15-17/h2-13,17,22,26H,14-15H2,1H3,(H,25,28). The second-order valence-electron chi connectivity index (χ2n) is 8.07. The summed E-state index contributed by atoms with van der Waals surface area (Å²) in [6, 6.07) is 20.8. The van der Waals surface area contributed by atoms with Crippen LogP contribution in [0, 0.1) is 6.92 Å². The molecular weight excluding hydrogens is 426 g/mol. The number of ether oxygens (including phenoxy) is 1. The van der Waals surface area contributed by atoms with Gasteiger partial charge in [0.15, 0.2) is 0 Å². The zero-order valence-corrected chi connectivity index (χ0v) is 18.3. The zero-order chi connectivity index (χ0) is 22.3. The van der Waals surface area contributed by atoms with Crippen LogP contribution >= 0.6 is 0 Å². The van der Waals surface area contributed by atoms with Crippen LogP contribution in [-0.4, -0.2) is 33.0 Å². The summed E-state index contributed by atoms with van der Waals surface area (Å²) in [6.45, 7) is 2.38. The number of hydrogen-bond donors (Lipinski definition) is 2. The number of amides is 1. The molecule has 3 aromatic carbocycles. The molecule has 8 heteroatoms. The molecule has 2 heterocycles. The number of carbonyl (C=O) groups is 1. The van der Waals surface area contributed by atoms with Crippen LogP contribution < -0.4 is 19.7 Å². The Morgan fingerprint density at radius 2 is 1.72 bits per heavy atom. The van der Waals surface area contributed by atoms with Crippen LogP contribution in [-0.2, 0) is 14.8 Å². The van der Waals surface area contributed by atoms with Crippen LogP contribution in [0.3, 0.4) is 0 Å². The lowest BCUT2D eigenvalue weighted by molar-refractivity contribution is -0.117. The van der Waals surface area contributed by atoms with Gasteiger partial charge in [0.05, 0.1) is 16.3 Å². The molecule has 0 bridgehead atoms. The maximum absolute atomic E-state index is 13.0. The van der Waals surface area contributed by atoms with Crippen LogP contribution in [0.15, 0.2) is 77.7 Å². The zero-order valence-electron chi connectivity index (χ0n) is 17.5. The van der Waals surface area contributed by atoms with E-state index in [1.807, 2.05) is 60.4 Å². The van der Waals surface area contributed by atoms with Crippen LogP contribution in [0.5, 0.6) is 11.5 Å². The lowest BCUT2D eigenvalue weighted by Crippen LogP contribution is -2.44. The number of sulfonamides is 1. The van der Waals surface area contributed by atoms with Crippen molar-refractivity contribution in [2.45, 2.75) is 30.3 Å². The van der Waals surface area contributed by atoms with E-state index in [9.17, 15) is 13.2 Å². The summed E-state index contributed by atoms with van der Waals surface area (Å²) < 4.78 is 34.6. The summed E-state index contributed by atoms with van der Waals surface area (Å²) in [5.41, 5.74) is 2.66. The minimum absolute atomic E-state index is 0.108. The Morgan fingerprint density at radius 3 is 2.50 bits per heavy atom. The van der Waals surface area contributed by atoms with Crippen molar-refractivity contribution < 1.29 is 17.9 Å². The van der Waals surface area contributed by atoms with E-state index < -0.39 is 10.0 Å². The number of hydrogen-bond acceptors (Lipinski definition) is 5. The number of para-hydroxylation sites is 3. The Hall–Kier alpha value is -3.36. The Balaban J connectivity index is 1.30. The summed E-state index contributed by atoms with van der Waals surface area (Å²) in [5.74, 6) is 1.18. The van der Waals surface area contributed by atoms with E-state index in [0.717, 1.165) is 22.7 Å². The van der Waals surface area contributed by atoms with E-state index in [0.29, 0.717) is 18.7 Å². The highest BCUT2D eigenvalue weighted by molar-refractivity contribution is 7.89. The number of carbonyl (C=O) groups excluding carboxylic acids is 1. The lowest BCUT2D eigenvalue weighted by Gasteiger charge is -2.32. The van der Waals surface area contributed by atoms with Crippen molar-refractivity contribution in [2.24, 2.45) is 0 Å². The first kappa shape index (κ1) is 20.5. The molecule has 1 saturated heterocycles. The monoisotopic (exact) mass is 449 g/mol. The van der Waals surface area contributed by atoms with Crippen molar-refractivity contribution in [1.82, 2.24) is 4.72 Å². The highest BCUT2D eigenvalue weighted by Crippen LogP contribution is 2.36. The molecule has 2 aliphatic rings. The van der Waals surface area contributed by atoms with Gasteiger partial charge in [-0.2, -0.15) is 0 Å². The quantitative estimate of drug-likeness (QED) is 0.621. The fourth-order valence-electron chi connectivity index (χ4n) is 4.25. The van der Waals surface area contributed by atoms with E-state index in [4.69, 9.17) is 4.74 Å². The van der Waals surface area contributed by atoms with E-state index in [1.165, 1.54) is 12.1 Å². The Morgan fingerprint density at radius 1 is 1.00 bits per heavy atom. The number of aryl methyl sites for hydroxylation is 1. The number of benzene rings is 3. The normalized spacial score (nSPS) is 19.8. The number of nitrogens with one attached hydrogen (secondary N) is 2. The fourth-order valence-corrected chi connectivity index (χ4v) is 5.49. The molecule has 2 atom stereocenters. The van der Waals surface area contributed by atoms with Gasteiger partial charge in [-0.1, -0.05) is 30.3 Å². The van der Waals surface area contributed by atoms with Crippen molar-refractivity contribution in [2.75, 3.05) is 16.8 Å². The molecule has 0 aliphatic carbocycles. The fraction of sp³-hybridized carbons (Fsp3) is 0.208. The van der Waals surface area contributed by atoms with Crippen molar-refractivity contribution >= 4 is 27.3 Å². The Bertz CT molecular complexity index is 1270. The molecule has 7 nitrogen and oxygen atoms in total. The molecule has 3 aromatic rings. The predicted molar refractivity (Wildman–Crippen MR) is 123 cm³/mol. The molecule has 0 saturated carbocycles. The third-order valence-electron chi connectivity index (χ3n) is 5.85. The second-order valence-corrected chi connectivity index (χ2v) is 9.78. The molecular formula is C24H23N3O4S. The highest BCUT2D eigenvalue weighted by Gasteiger charge is 2.42. The summed E-state index contributed by atoms with van der Waals surface area (Å²) in [6.07, 6.45) is 0.411. The number of fused-ring (bicyclic) bond motifs is 3. The van der Waals surface area contributed by atoms with Crippen LogP contribution in [0.4, 0.5) is 11.4 Å². The van der Waals surface area contributed by atoms with Gasteiger partial charge in [0.25, 0.3) is 0 Å². The van der Waals surface area contributed by atoms with Crippen molar-refractivity contribution in [1.29, 1.82) is 0 Å². The molecule has 0 spiro atoms. The second kappa shape index (κ2) is 7.96. The topological polar surface area (TPSA) is 87.7 Å². The SMILES string of the molecule is Cc1ccccc1Oc1ccc(S(=O)(=O)NC2CC3C(=O)Nc4ccccc4N3C2)cc1. The van der Waals surface area contributed by atoms with Gasteiger partial charge in [-0.25, -0.2) is 13.1 Å². The maximum atomic E-state index is 13.0. The minimum Gasteiger partial charge on any atom is -0.457 e. The molecule has 2 unspecified atom stereocenters. The third-order valence-corrected chi connectivity index (χ3v) is 7.39. The molecule has 2 N–H and O–H groups in total. The van der Waals surface area contributed by atoms with Crippen LogP contribution in [0.1, 0.15) is 12.0 Å². The van der Waals surface area contributed by atoms with E-state index >= 15 is 0 Å². The summed E-state index contributed by atoms with van der Waals surface area (Å²) in [5, 5.41) is 2.90. The number of nitrogens with zero attached hydrogens (tertiary/aromatic N) is 1. The van der Waals surface area contributed by atoms with Gasteiger partial charge in [-0.3, -0.25) is 4.79 Å². The third kappa shape index (κ3) is 3.83. The van der Waals surface area contributed by atoms with Gasteiger partial charge in [-0.05, 0) is 61.4 Å². The maximum Gasteiger partial charge on any atom is 0.247 e. The van der Waals surface area contributed by atoms with E-state index in [1.54, 1.807) is 12.1 Å². The van der Waals surface area contributed by atoms with Crippen LogP contribution in [0.2, 0.25) is 0 Å². The summed E-state index contributed by atoms with van der Waals surface area (Å²) in [4.78, 5) is 14.6. The van der Waals surface area contributed by atoms with Crippen molar-refractivity contribution in [3.63, 3.8) is 0 Å². The summed E-state index contributed by atoms with van der Waals surface area (Å²) in [7, 11) is -3.74. The largest absolute Gasteiger partial charge is 0.457 e. The van der Waals surface area contributed by atoms with Crippen LogP contribution in [0.25, 0.3) is 0 Å². The predicted octanol–water partition coefficient (Wildman–Crippen LogP) is 3.67. The van der Waals surface area contributed by atoms with Gasteiger partial charge in [-0.15, -0.1) is 0 Å². The molecule has 2 aliphatic heterocycles. The van der Waals surface area contributed by atoms with Gasteiger partial charge in [0.2, 0.25) is 15.9 Å². The molecule has 164 valence electrons. The van der Waals surface area contributed by atoms with Gasteiger partial charge >= 0.3 is 0 Å². The van der Waals surface area contributed by atoms with E-state index in [-0.39, 0.29) is 22.9 Å². The summed E-state index contributed by atoms with van der Waals surface area (Å²) >= 11 is 0.